The molecule has 0 aliphatic carbocycles. The zero-order valence-electron chi connectivity index (χ0n) is 14.4. The van der Waals surface area contributed by atoms with Crippen LogP contribution < -0.4 is 10.5 Å². The summed E-state index contributed by atoms with van der Waals surface area (Å²) in [7, 11) is 0. The SMILES string of the molecule is CCCCc1nc2c(N)nc3cc(OCCO)ccc3c2n1CCO. The van der Waals surface area contributed by atoms with Gasteiger partial charge in [0.05, 0.1) is 24.2 Å². The molecule has 0 aliphatic heterocycles. The van der Waals surface area contributed by atoms with Crippen molar-refractivity contribution in [2.45, 2.75) is 32.7 Å². The number of hydrogen-bond acceptors (Lipinski definition) is 6. The maximum atomic E-state index is 9.49. The topological polar surface area (TPSA) is 106 Å². The number of fused-ring (bicyclic) bond motifs is 3. The molecule has 0 bridgehead atoms. The molecule has 7 heteroatoms. The van der Waals surface area contributed by atoms with E-state index in [1.807, 2.05) is 22.8 Å². The number of anilines is 1. The first-order chi connectivity index (χ1) is 12.2. The minimum atomic E-state index is -0.0449. The average molecular weight is 344 g/mol. The van der Waals surface area contributed by atoms with Gasteiger partial charge in [0.2, 0.25) is 0 Å². The number of aliphatic hydroxyl groups is 2. The predicted molar refractivity (Wildman–Crippen MR) is 97.7 cm³/mol. The third-order valence-electron chi connectivity index (χ3n) is 4.19. The van der Waals surface area contributed by atoms with Crippen LogP contribution in [0.15, 0.2) is 18.2 Å². The van der Waals surface area contributed by atoms with Gasteiger partial charge in [-0.15, -0.1) is 0 Å². The Morgan fingerprint density at radius 1 is 1.20 bits per heavy atom. The maximum absolute atomic E-state index is 9.49. The lowest BCUT2D eigenvalue weighted by Crippen LogP contribution is -2.07. The molecule has 0 unspecified atom stereocenters. The summed E-state index contributed by atoms with van der Waals surface area (Å²) in [4.78, 5) is 9.15. The van der Waals surface area contributed by atoms with Crippen molar-refractivity contribution >= 4 is 27.8 Å². The molecule has 7 nitrogen and oxygen atoms in total. The van der Waals surface area contributed by atoms with Gasteiger partial charge in [-0.05, 0) is 18.6 Å². The largest absolute Gasteiger partial charge is 0.491 e. The Kier molecular flexibility index (Phi) is 5.35. The Morgan fingerprint density at radius 2 is 2.04 bits per heavy atom. The van der Waals surface area contributed by atoms with Crippen LogP contribution in [0.5, 0.6) is 5.75 Å². The van der Waals surface area contributed by atoms with Gasteiger partial charge in [0.15, 0.2) is 5.82 Å². The second-order valence-corrected chi connectivity index (χ2v) is 5.95. The fourth-order valence-corrected chi connectivity index (χ4v) is 3.06. The molecule has 2 aromatic heterocycles. The first-order valence-electron chi connectivity index (χ1n) is 8.62. The van der Waals surface area contributed by atoms with Crippen LogP contribution in [0, 0.1) is 0 Å². The van der Waals surface area contributed by atoms with Gasteiger partial charge in [-0.25, -0.2) is 9.97 Å². The number of aryl methyl sites for hydroxylation is 1. The molecular formula is C18H24N4O3. The summed E-state index contributed by atoms with van der Waals surface area (Å²) in [5, 5.41) is 19.3. The highest BCUT2D eigenvalue weighted by Crippen LogP contribution is 2.31. The first-order valence-corrected chi connectivity index (χ1v) is 8.62. The number of nitrogens with zero attached hydrogens (tertiary/aromatic N) is 3. The van der Waals surface area contributed by atoms with Gasteiger partial charge >= 0.3 is 0 Å². The predicted octanol–water partition coefficient (Wildman–Crippen LogP) is 1.87. The van der Waals surface area contributed by atoms with E-state index in [9.17, 15) is 5.11 Å². The van der Waals surface area contributed by atoms with Crippen LogP contribution >= 0.6 is 0 Å². The molecule has 25 heavy (non-hydrogen) atoms. The van der Waals surface area contributed by atoms with E-state index in [2.05, 4.69) is 11.9 Å². The summed E-state index contributed by atoms with van der Waals surface area (Å²) >= 11 is 0. The molecule has 2 heterocycles. The molecule has 3 rings (SSSR count). The van der Waals surface area contributed by atoms with Crippen LogP contribution in [0.1, 0.15) is 25.6 Å². The number of aromatic nitrogens is 3. The van der Waals surface area contributed by atoms with Gasteiger partial charge in [-0.1, -0.05) is 13.3 Å². The highest BCUT2D eigenvalue weighted by molar-refractivity contribution is 6.06. The van der Waals surface area contributed by atoms with Crippen LogP contribution in [0.3, 0.4) is 0 Å². The fraction of sp³-hybridized carbons (Fsp3) is 0.444. The highest BCUT2D eigenvalue weighted by atomic mass is 16.5. The number of pyridine rings is 1. The van der Waals surface area contributed by atoms with Crippen molar-refractivity contribution in [3.63, 3.8) is 0 Å². The number of benzene rings is 1. The Hall–Kier alpha value is -2.38. The minimum Gasteiger partial charge on any atom is -0.491 e. The third kappa shape index (κ3) is 3.38. The lowest BCUT2D eigenvalue weighted by atomic mass is 10.1. The zero-order valence-corrected chi connectivity index (χ0v) is 14.4. The molecular weight excluding hydrogens is 320 g/mol. The van der Waals surface area contributed by atoms with E-state index in [0.29, 0.717) is 29.1 Å². The summed E-state index contributed by atoms with van der Waals surface area (Å²) in [5.74, 6) is 1.93. The maximum Gasteiger partial charge on any atom is 0.152 e. The van der Waals surface area contributed by atoms with Crippen molar-refractivity contribution in [3.8, 4) is 5.75 Å². The van der Waals surface area contributed by atoms with Crippen LogP contribution in [0.25, 0.3) is 21.9 Å². The van der Waals surface area contributed by atoms with E-state index in [4.69, 9.17) is 20.6 Å². The van der Waals surface area contributed by atoms with E-state index >= 15 is 0 Å². The first kappa shape index (κ1) is 17.4. The highest BCUT2D eigenvalue weighted by Gasteiger charge is 2.17. The number of nitrogen functional groups attached to an aromatic ring is 1. The summed E-state index contributed by atoms with van der Waals surface area (Å²) in [6.07, 6.45) is 2.94. The lowest BCUT2D eigenvalue weighted by molar-refractivity contribution is 0.201. The zero-order chi connectivity index (χ0) is 17.8. The lowest BCUT2D eigenvalue weighted by Gasteiger charge is -2.10. The number of nitrogens with two attached hydrogens (primary N) is 1. The van der Waals surface area contributed by atoms with E-state index in [1.54, 1.807) is 0 Å². The second kappa shape index (κ2) is 7.67. The molecule has 1 aromatic carbocycles. The van der Waals surface area contributed by atoms with Gasteiger partial charge in [0.1, 0.15) is 23.7 Å². The van der Waals surface area contributed by atoms with Crippen LogP contribution in [-0.4, -0.2) is 44.6 Å². The Labute approximate surface area is 146 Å². The standard InChI is InChI=1S/C18H24N4O3/c1-2-3-4-15-21-16-17(22(15)7-8-23)13-6-5-12(25-10-9-24)11-14(13)20-18(16)19/h5-6,11,23-24H,2-4,7-10H2,1H3,(H2,19,20). The average Bonchev–Trinajstić information content (AvgIpc) is 2.98. The molecule has 0 aliphatic rings. The second-order valence-electron chi connectivity index (χ2n) is 5.95. The molecule has 0 saturated heterocycles. The van der Waals surface area contributed by atoms with Gasteiger partial charge in [-0.2, -0.15) is 0 Å². The molecule has 0 atom stereocenters. The van der Waals surface area contributed by atoms with Crippen LogP contribution in [0.2, 0.25) is 0 Å². The van der Waals surface area contributed by atoms with Gasteiger partial charge in [0, 0.05) is 24.4 Å². The van der Waals surface area contributed by atoms with Gasteiger partial charge in [-0.3, -0.25) is 0 Å². The van der Waals surface area contributed by atoms with E-state index in [0.717, 1.165) is 36.0 Å². The summed E-state index contributed by atoms with van der Waals surface area (Å²) < 4.78 is 7.50. The molecule has 0 amide bonds. The van der Waals surface area contributed by atoms with Gasteiger partial charge < -0.3 is 25.3 Å². The molecule has 3 aromatic rings. The molecule has 4 N–H and O–H groups in total. The van der Waals surface area contributed by atoms with Crippen LogP contribution in [-0.2, 0) is 13.0 Å². The number of ether oxygens (including phenoxy) is 1. The number of aliphatic hydroxyl groups excluding tert-OH is 2. The van der Waals surface area contributed by atoms with Crippen molar-refractivity contribution < 1.29 is 14.9 Å². The summed E-state index contributed by atoms with van der Waals surface area (Å²) in [6.45, 7) is 2.82. The molecule has 0 saturated carbocycles. The van der Waals surface area contributed by atoms with Crippen molar-refractivity contribution in [1.29, 1.82) is 0 Å². The Balaban J connectivity index is 2.19. The molecule has 134 valence electrons. The number of hydrogen-bond donors (Lipinski definition) is 3. The Morgan fingerprint density at radius 3 is 2.76 bits per heavy atom. The van der Waals surface area contributed by atoms with E-state index < -0.39 is 0 Å². The van der Waals surface area contributed by atoms with Gasteiger partial charge in [0.25, 0.3) is 0 Å². The minimum absolute atomic E-state index is 0.0337. The van der Waals surface area contributed by atoms with Crippen molar-refractivity contribution in [3.05, 3.63) is 24.0 Å². The monoisotopic (exact) mass is 344 g/mol. The number of unbranched alkanes of at least 4 members (excludes halogenated alkanes) is 1. The molecule has 0 radical (unpaired) electrons. The van der Waals surface area contributed by atoms with E-state index in [1.165, 1.54) is 0 Å². The van der Waals surface area contributed by atoms with Crippen LogP contribution in [0.4, 0.5) is 5.82 Å². The van der Waals surface area contributed by atoms with E-state index in [-0.39, 0.29) is 19.8 Å². The van der Waals surface area contributed by atoms with Crippen molar-refractivity contribution in [2.75, 3.05) is 25.6 Å². The summed E-state index contributed by atoms with van der Waals surface area (Å²) in [6, 6.07) is 5.58. The number of imidazole rings is 1. The molecule has 0 spiro atoms. The normalized spacial score (nSPS) is 11.5. The summed E-state index contributed by atoms with van der Waals surface area (Å²) in [5.41, 5.74) is 8.44. The third-order valence-corrected chi connectivity index (χ3v) is 4.19. The fourth-order valence-electron chi connectivity index (χ4n) is 3.06. The Bertz CT molecular complexity index is 876. The number of rotatable bonds is 8. The van der Waals surface area contributed by atoms with Crippen molar-refractivity contribution in [2.24, 2.45) is 0 Å². The quantitative estimate of drug-likeness (QED) is 0.576. The molecule has 0 fully saturated rings. The van der Waals surface area contributed by atoms with Crippen molar-refractivity contribution in [1.82, 2.24) is 14.5 Å². The smallest absolute Gasteiger partial charge is 0.152 e.